The molecule has 0 amide bonds. The van der Waals surface area contributed by atoms with Crippen molar-refractivity contribution in [3.05, 3.63) is 96.1 Å². The highest BCUT2D eigenvalue weighted by atomic mass is 16.7. The second kappa shape index (κ2) is 7.38. The van der Waals surface area contributed by atoms with Crippen LogP contribution >= 0.6 is 0 Å². The van der Waals surface area contributed by atoms with Gasteiger partial charge in [0.2, 0.25) is 0 Å². The van der Waals surface area contributed by atoms with Gasteiger partial charge in [-0.15, -0.1) is 0 Å². The number of carbonyl (C=O) groups is 1. The average molecular weight is 315 g/mol. The third-order valence-corrected chi connectivity index (χ3v) is 3.68. The highest BCUT2D eigenvalue weighted by Crippen LogP contribution is 2.19. The summed E-state index contributed by atoms with van der Waals surface area (Å²) in [6.45, 7) is 1.81. The van der Waals surface area contributed by atoms with Gasteiger partial charge in [0, 0.05) is 0 Å². The summed E-state index contributed by atoms with van der Waals surface area (Å²) in [6.07, 6.45) is 0. The molecule has 0 aliphatic heterocycles. The van der Waals surface area contributed by atoms with E-state index >= 15 is 0 Å². The molecule has 0 atom stereocenters. The van der Waals surface area contributed by atoms with Gasteiger partial charge in [-0.2, -0.15) is 0 Å². The predicted octanol–water partition coefficient (Wildman–Crippen LogP) is 4.93. The first-order chi connectivity index (χ1) is 11.7. The fraction of sp³-hybridized carbons (Fsp3) is 0.0476. The molecule has 0 bridgehead atoms. The smallest absolute Gasteiger partial charge is 0.313 e. The largest absolute Gasteiger partial charge is 0.365 e. The van der Waals surface area contributed by atoms with Gasteiger partial charge < -0.3 is 4.84 Å². The first-order valence-electron chi connectivity index (χ1n) is 7.71. The lowest BCUT2D eigenvalue weighted by Gasteiger charge is -2.04. The zero-order valence-corrected chi connectivity index (χ0v) is 13.3. The maximum absolute atomic E-state index is 12.1. The molecule has 3 aromatic rings. The van der Waals surface area contributed by atoms with E-state index in [1.54, 1.807) is 19.1 Å². The Hall–Kier alpha value is -3.20. The molecule has 3 heteroatoms. The Balaban J connectivity index is 1.70. The minimum atomic E-state index is -0.468. The van der Waals surface area contributed by atoms with Gasteiger partial charge >= 0.3 is 5.97 Å². The Morgan fingerprint density at radius 1 is 0.708 bits per heavy atom. The predicted molar refractivity (Wildman–Crippen MR) is 95.9 cm³/mol. The molecule has 0 aromatic heterocycles. The van der Waals surface area contributed by atoms with Crippen LogP contribution in [-0.2, 0) is 4.84 Å². The molecule has 0 saturated heterocycles. The van der Waals surface area contributed by atoms with Crippen LogP contribution in [0, 0.1) is 0 Å². The number of oxime groups is 1. The summed E-state index contributed by atoms with van der Waals surface area (Å²) in [7, 11) is 0. The number of hydrogen-bond donors (Lipinski definition) is 0. The van der Waals surface area contributed by atoms with E-state index in [2.05, 4.69) is 5.16 Å². The van der Waals surface area contributed by atoms with E-state index in [4.69, 9.17) is 4.84 Å². The molecule has 118 valence electrons. The van der Waals surface area contributed by atoms with Crippen molar-refractivity contribution in [1.29, 1.82) is 0 Å². The summed E-state index contributed by atoms with van der Waals surface area (Å²) in [5.74, 6) is -0.468. The molecule has 0 radical (unpaired) electrons. The van der Waals surface area contributed by atoms with Crippen LogP contribution in [0.1, 0.15) is 22.8 Å². The van der Waals surface area contributed by atoms with Crippen molar-refractivity contribution in [2.75, 3.05) is 0 Å². The van der Waals surface area contributed by atoms with Crippen LogP contribution in [-0.4, -0.2) is 11.7 Å². The molecule has 0 unspecified atom stereocenters. The Labute approximate surface area is 141 Å². The van der Waals surface area contributed by atoms with Gasteiger partial charge in [0.1, 0.15) is 0 Å². The summed E-state index contributed by atoms with van der Waals surface area (Å²) < 4.78 is 0. The summed E-state index contributed by atoms with van der Waals surface area (Å²) in [4.78, 5) is 17.1. The number of nitrogens with zero attached hydrogens (tertiary/aromatic N) is 1. The molecule has 3 nitrogen and oxygen atoms in total. The molecule has 0 saturated carbocycles. The Kier molecular flexibility index (Phi) is 4.82. The van der Waals surface area contributed by atoms with Gasteiger partial charge in [-0.3, -0.25) is 0 Å². The van der Waals surface area contributed by atoms with E-state index in [0.29, 0.717) is 11.3 Å². The third-order valence-electron chi connectivity index (χ3n) is 3.68. The van der Waals surface area contributed by atoms with E-state index < -0.39 is 5.97 Å². The molecule has 0 spiro atoms. The first kappa shape index (κ1) is 15.7. The van der Waals surface area contributed by atoms with Gasteiger partial charge in [0.25, 0.3) is 0 Å². The van der Waals surface area contributed by atoms with Crippen LogP contribution in [0.2, 0.25) is 0 Å². The minimum Gasteiger partial charge on any atom is -0.313 e. The summed E-state index contributed by atoms with van der Waals surface area (Å²) in [5.41, 5.74) is 4.21. The van der Waals surface area contributed by atoms with Crippen molar-refractivity contribution >= 4 is 11.7 Å². The number of benzene rings is 3. The van der Waals surface area contributed by atoms with Crippen molar-refractivity contribution < 1.29 is 9.63 Å². The first-order valence-corrected chi connectivity index (χ1v) is 7.71. The van der Waals surface area contributed by atoms with Crippen LogP contribution < -0.4 is 0 Å². The normalized spacial score (nSPS) is 11.1. The Morgan fingerprint density at radius 3 is 1.88 bits per heavy atom. The zero-order valence-electron chi connectivity index (χ0n) is 13.3. The molecule has 0 aliphatic rings. The van der Waals surface area contributed by atoms with Gasteiger partial charge in [-0.05, 0) is 35.7 Å². The quantitative estimate of drug-likeness (QED) is 0.389. The van der Waals surface area contributed by atoms with Crippen LogP contribution in [0.5, 0.6) is 0 Å². The molecule has 0 N–H and O–H groups in total. The van der Waals surface area contributed by atoms with E-state index in [1.165, 1.54) is 0 Å². The van der Waals surface area contributed by atoms with Crippen molar-refractivity contribution in [2.45, 2.75) is 6.92 Å². The molecule has 24 heavy (non-hydrogen) atoms. The molecule has 0 heterocycles. The fourth-order valence-corrected chi connectivity index (χ4v) is 2.32. The molecular weight excluding hydrogens is 298 g/mol. The number of carbonyl (C=O) groups excluding carboxylic acids is 1. The molecular formula is C21H17NO2. The summed E-state index contributed by atoms with van der Waals surface area (Å²) >= 11 is 0. The molecule has 3 rings (SSSR count). The summed E-state index contributed by atoms with van der Waals surface area (Å²) in [6, 6.07) is 26.9. The van der Waals surface area contributed by atoms with E-state index in [9.17, 15) is 4.79 Å². The molecule has 0 fully saturated rings. The standard InChI is InChI=1S/C21H17NO2/c1-16(17-8-4-2-5-9-17)22-24-21(23)20-14-12-19(13-15-20)18-10-6-3-7-11-18/h2-15H,1H3/b22-16-. The van der Waals surface area contributed by atoms with Gasteiger partial charge in [0.05, 0.1) is 11.3 Å². The molecule has 0 aliphatic carbocycles. The maximum atomic E-state index is 12.1. The molecule has 3 aromatic carbocycles. The lowest BCUT2D eigenvalue weighted by molar-refractivity contribution is 0.0516. The van der Waals surface area contributed by atoms with Crippen LogP contribution in [0.15, 0.2) is 90.1 Å². The number of rotatable bonds is 4. The lowest BCUT2D eigenvalue weighted by Crippen LogP contribution is -2.03. The van der Waals surface area contributed by atoms with E-state index in [-0.39, 0.29) is 0 Å². The Bertz CT molecular complexity index is 838. The van der Waals surface area contributed by atoms with Crippen LogP contribution in [0.3, 0.4) is 0 Å². The van der Waals surface area contributed by atoms with Crippen LogP contribution in [0.25, 0.3) is 11.1 Å². The van der Waals surface area contributed by atoms with E-state index in [0.717, 1.165) is 16.7 Å². The van der Waals surface area contributed by atoms with Gasteiger partial charge in [-0.25, -0.2) is 4.79 Å². The van der Waals surface area contributed by atoms with Gasteiger partial charge in [-0.1, -0.05) is 78.0 Å². The minimum absolute atomic E-state index is 0.468. The topological polar surface area (TPSA) is 38.7 Å². The lowest BCUT2D eigenvalue weighted by atomic mass is 10.0. The SMILES string of the molecule is C/C(=N/OC(=O)c1ccc(-c2ccccc2)cc1)c1ccccc1. The highest BCUT2D eigenvalue weighted by Gasteiger charge is 2.08. The Morgan fingerprint density at radius 2 is 1.25 bits per heavy atom. The second-order valence-corrected chi connectivity index (χ2v) is 5.36. The third kappa shape index (κ3) is 3.76. The van der Waals surface area contributed by atoms with Crippen molar-refractivity contribution in [1.82, 2.24) is 0 Å². The number of hydrogen-bond acceptors (Lipinski definition) is 3. The fourth-order valence-electron chi connectivity index (χ4n) is 2.32. The van der Waals surface area contributed by atoms with Crippen molar-refractivity contribution in [3.8, 4) is 11.1 Å². The average Bonchev–Trinajstić information content (AvgIpc) is 2.67. The second-order valence-electron chi connectivity index (χ2n) is 5.36. The van der Waals surface area contributed by atoms with Gasteiger partial charge in [0.15, 0.2) is 0 Å². The maximum Gasteiger partial charge on any atom is 0.365 e. The highest BCUT2D eigenvalue weighted by molar-refractivity contribution is 5.99. The monoisotopic (exact) mass is 315 g/mol. The van der Waals surface area contributed by atoms with E-state index in [1.807, 2.05) is 72.8 Å². The van der Waals surface area contributed by atoms with Crippen molar-refractivity contribution in [3.63, 3.8) is 0 Å². The van der Waals surface area contributed by atoms with Crippen molar-refractivity contribution in [2.24, 2.45) is 5.16 Å². The van der Waals surface area contributed by atoms with Crippen LogP contribution in [0.4, 0.5) is 0 Å². The summed E-state index contributed by atoms with van der Waals surface area (Å²) in [5, 5.41) is 3.92. The zero-order chi connectivity index (χ0) is 16.8.